The van der Waals surface area contributed by atoms with Gasteiger partial charge in [-0.2, -0.15) is 5.26 Å². The first-order valence-corrected chi connectivity index (χ1v) is 10.3. The number of nitrogens with zero attached hydrogens (tertiary/aromatic N) is 2. The highest BCUT2D eigenvalue weighted by molar-refractivity contribution is 5.86. The first kappa shape index (κ1) is 20.2. The first-order chi connectivity index (χ1) is 13.6. The maximum Gasteiger partial charge on any atom is 0.242 e. The summed E-state index contributed by atoms with van der Waals surface area (Å²) in [6.45, 7) is 1.41. The van der Waals surface area contributed by atoms with Crippen LogP contribution < -0.4 is 15.5 Å². The summed E-state index contributed by atoms with van der Waals surface area (Å²) in [5.41, 5.74) is 1.48. The second kappa shape index (κ2) is 9.09. The number of nitrogens with one attached hydrogen (secondary N) is 2. The Labute approximate surface area is 167 Å². The summed E-state index contributed by atoms with van der Waals surface area (Å²) in [6, 6.07) is 9.36. The third kappa shape index (κ3) is 4.64. The minimum absolute atomic E-state index is 0.0451. The average molecular weight is 383 g/mol. The van der Waals surface area contributed by atoms with Crippen LogP contribution in [0.1, 0.15) is 56.9 Å². The fourth-order valence-corrected chi connectivity index (χ4v) is 4.62. The van der Waals surface area contributed by atoms with Crippen LogP contribution in [0.15, 0.2) is 24.3 Å². The van der Waals surface area contributed by atoms with E-state index in [0.29, 0.717) is 18.5 Å². The quantitative estimate of drug-likeness (QED) is 0.792. The molecular weight excluding hydrogens is 352 g/mol. The zero-order valence-electron chi connectivity index (χ0n) is 16.7. The highest BCUT2D eigenvalue weighted by atomic mass is 16.2. The Hall–Kier alpha value is -2.55. The molecule has 0 radical (unpaired) electrons. The summed E-state index contributed by atoms with van der Waals surface area (Å²) in [5, 5.41) is 14.9. The highest BCUT2D eigenvalue weighted by Crippen LogP contribution is 2.39. The zero-order valence-corrected chi connectivity index (χ0v) is 16.7. The van der Waals surface area contributed by atoms with E-state index in [-0.39, 0.29) is 23.3 Å². The van der Waals surface area contributed by atoms with Gasteiger partial charge in [0.15, 0.2) is 0 Å². The van der Waals surface area contributed by atoms with E-state index in [0.717, 1.165) is 50.8 Å². The molecule has 1 aliphatic heterocycles. The Morgan fingerprint density at radius 2 is 1.89 bits per heavy atom. The molecule has 6 nitrogen and oxygen atoms in total. The third-order valence-corrected chi connectivity index (χ3v) is 6.25. The molecule has 2 amide bonds. The van der Waals surface area contributed by atoms with Crippen molar-refractivity contribution in [2.75, 3.05) is 25.0 Å². The van der Waals surface area contributed by atoms with E-state index in [9.17, 15) is 9.59 Å². The molecule has 0 spiro atoms. The molecule has 1 aromatic carbocycles. The molecule has 1 heterocycles. The number of hydrogen-bond acceptors (Lipinski definition) is 4. The van der Waals surface area contributed by atoms with E-state index in [1.54, 1.807) is 19.2 Å². The van der Waals surface area contributed by atoms with Gasteiger partial charge in [0, 0.05) is 32.2 Å². The van der Waals surface area contributed by atoms with Crippen LogP contribution in [0.2, 0.25) is 0 Å². The first-order valence-electron chi connectivity index (χ1n) is 10.3. The van der Waals surface area contributed by atoms with Gasteiger partial charge in [-0.15, -0.1) is 0 Å². The fraction of sp³-hybridized carbons (Fsp3) is 0.591. The van der Waals surface area contributed by atoms with Crippen molar-refractivity contribution in [1.82, 2.24) is 10.6 Å². The second-order valence-corrected chi connectivity index (χ2v) is 8.14. The molecule has 1 atom stereocenters. The fourth-order valence-electron chi connectivity index (χ4n) is 4.62. The highest BCUT2D eigenvalue weighted by Gasteiger charge is 2.36. The van der Waals surface area contributed by atoms with Crippen LogP contribution in [-0.2, 0) is 9.59 Å². The lowest BCUT2D eigenvalue weighted by molar-refractivity contribution is -0.126. The number of benzene rings is 1. The molecule has 0 bridgehead atoms. The van der Waals surface area contributed by atoms with E-state index in [1.165, 1.54) is 6.42 Å². The van der Waals surface area contributed by atoms with Crippen molar-refractivity contribution >= 4 is 17.5 Å². The number of nitriles is 1. The third-order valence-electron chi connectivity index (χ3n) is 6.25. The number of carbonyl (C=O) groups is 2. The van der Waals surface area contributed by atoms with Crippen molar-refractivity contribution in [3.8, 4) is 6.07 Å². The summed E-state index contributed by atoms with van der Waals surface area (Å²) in [6.07, 6.45) is 7.71. The lowest BCUT2D eigenvalue weighted by Crippen LogP contribution is -2.48. The van der Waals surface area contributed by atoms with Crippen molar-refractivity contribution in [3.05, 3.63) is 29.8 Å². The van der Waals surface area contributed by atoms with Crippen molar-refractivity contribution in [2.24, 2.45) is 5.41 Å². The van der Waals surface area contributed by atoms with Crippen LogP contribution in [0.4, 0.5) is 5.69 Å². The minimum atomic E-state index is -0.187. The van der Waals surface area contributed by atoms with E-state index in [2.05, 4.69) is 21.6 Å². The molecular formula is C22H30N4O2. The topological polar surface area (TPSA) is 85.2 Å². The maximum atomic E-state index is 13.0. The summed E-state index contributed by atoms with van der Waals surface area (Å²) >= 11 is 0. The van der Waals surface area contributed by atoms with Crippen LogP contribution in [0.5, 0.6) is 0 Å². The molecule has 1 saturated carbocycles. The van der Waals surface area contributed by atoms with Crippen molar-refractivity contribution < 1.29 is 9.59 Å². The molecule has 1 aliphatic carbocycles. The molecule has 6 heteroatoms. The summed E-state index contributed by atoms with van der Waals surface area (Å²) in [7, 11) is 1.67. The Balaban J connectivity index is 1.65. The number of carbonyl (C=O) groups excluding carboxylic acids is 2. The van der Waals surface area contributed by atoms with Crippen LogP contribution >= 0.6 is 0 Å². The predicted octanol–water partition coefficient (Wildman–Crippen LogP) is 2.73. The van der Waals surface area contributed by atoms with E-state index in [1.807, 2.05) is 12.1 Å². The molecule has 2 N–H and O–H groups in total. The Morgan fingerprint density at radius 1 is 1.18 bits per heavy atom. The van der Waals surface area contributed by atoms with Gasteiger partial charge in [0.1, 0.15) is 6.04 Å². The molecule has 28 heavy (non-hydrogen) atoms. The number of amides is 2. The summed E-state index contributed by atoms with van der Waals surface area (Å²) in [5.74, 6) is 0.0972. The van der Waals surface area contributed by atoms with Gasteiger partial charge in [0.2, 0.25) is 11.8 Å². The van der Waals surface area contributed by atoms with Gasteiger partial charge in [-0.25, -0.2) is 0 Å². The van der Waals surface area contributed by atoms with Gasteiger partial charge >= 0.3 is 0 Å². The largest absolute Gasteiger partial charge is 0.360 e. The van der Waals surface area contributed by atoms with E-state index < -0.39 is 0 Å². The molecule has 150 valence electrons. The molecule has 1 saturated heterocycles. The predicted molar refractivity (Wildman–Crippen MR) is 109 cm³/mol. The molecule has 1 unspecified atom stereocenters. The van der Waals surface area contributed by atoms with E-state index >= 15 is 0 Å². The van der Waals surface area contributed by atoms with Crippen molar-refractivity contribution in [3.63, 3.8) is 0 Å². The normalized spacial score (nSPS) is 21.0. The van der Waals surface area contributed by atoms with Gasteiger partial charge in [0.25, 0.3) is 0 Å². The zero-order chi connectivity index (χ0) is 20.0. The lowest BCUT2D eigenvalue weighted by Gasteiger charge is -2.37. The number of anilines is 1. The van der Waals surface area contributed by atoms with Crippen LogP contribution in [0.25, 0.3) is 0 Å². The molecule has 2 aliphatic rings. The van der Waals surface area contributed by atoms with Crippen molar-refractivity contribution in [2.45, 2.75) is 57.4 Å². The SMILES string of the molecule is CNC(=O)CC1(CNC(=O)C2CCCN2c2ccc(C#N)cc2)CCCCC1. The van der Waals surface area contributed by atoms with E-state index in [4.69, 9.17) is 5.26 Å². The second-order valence-electron chi connectivity index (χ2n) is 8.14. The van der Waals surface area contributed by atoms with Gasteiger partial charge in [-0.3, -0.25) is 9.59 Å². The monoisotopic (exact) mass is 382 g/mol. The number of rotatable bonds is 6. The summed E-state index contributed by atoms with van der Waals surface area (Å²) < 4.78 is 0. The van der Waals surface area contributed by atoms with Gasteiger partial charge in [-0.05, 0) is 55.4 Å². The smallest absolute Gasteiger partial charge is 0.242 e. The average Bonchev–Trinajstić information content (AvgIpc) is 3.23. The van der Waals surface area contributed by atoms with Gasteiger partial charge in [-0.1, -0.05) is 19.3 Å². The number of hydrogen-bond donors (Lipinski definition) is 2. The minimum Gasteiger partial charge on any atom is -0.360 e. The van der Waals surface area contributed by atoms with Crippen LogP contribution in [-0.4, -0.2) is 38.0 Å². The maximum absolute atomic E-state index is 13.0. The van der Waals surface area contributed by atoms with Gasteiger partial charge < -0.3 is 15.5 Å². The lowest BCUT2D eigenvalue weighted by atomic mass is 9.71. The summed E-state index contributed by atoms with van der Waals surface area (Å²) in [4.78, 5) is 27.1. The van der Waals surface area contributed by atoms with Crippen molar-refractivity contribution in [1.29, 1.82) is 5.26 Å². The molecule has 1 aromatic rings. The molecule has 0 aromatic heterocycles. The van der Waals surface area contributed by atoms with Crippen LogP contribution in [0, 0.1) is 16.7 Å². The molecule has 2 fully saturated rings. The van der Waals surface area contributed by atoms with Gasteiger partial charge in [0.05, 0.1) is 11.6 Å². The molecule has 3 rings (SSSR count). The van der Waals surface area contributed by atoms with Crippen LogP contribution in [0.3, 0.4) is 0 Å². The Morgan fingerprint density at radius 3 is 2.54 bits per heavy atom. The Kier molecular flexibility index (Phi) is 6.56. The standard InChI is InChI=1S/C22H30N4O2/c1-24-20(27)14-22(11-3-2-4-12-22)16-25-21(28)19-6-5-13-26(19)18-9-7-17(15-23)8-10-18/h7-10,19H,2-6,11-14,16H2,1H3,(H,24,27)(H,25,28). The Bertz CT molecular complexity index is 732.